The smallest absolute Gasteiger partial charge is 0.264 e. The van der Waals surface area contributed by atoms with Gasteiger partial charge in [0, 0.05) is 18.1 Å². The third kappa shape index (κ3) is 8.33. The average Bonchev–Trinajstić information content (AvgIpc) is 2.94. The number of hydrogen-bond acceptors (Lipinski definition) is 4. The highest BCUT2D eigenvalue weighted by molar-refractivity contribution is 7.92. The molecule has 3 aromatic carbocycles. The van der Waals surface area contributed by atoms with E-state index in [1.807, 2.05) is 65.0 Å². The first kappa shape index (κ1) is 32.2. The topological polar surface area (TPSA) is 86.8 Å². The van der Waals surface area contributed by atoms with Crippen LogP contribution in [0, 0.1) is 20.8 Å². The van der Waals surface area contributed by atoms with Crippen molar-refractivity contribution in [2.24, 2.45) is 0 Å². The summed E-state index contributed by atoms with van der Waals surface area (Å²) in [4.78, 5) is 28.9. The number of hydrogen-bond donors (Lipinski definition) is 1. The van der Waals surface area contributed by atoms with Crippen LogP contribution < -0.4 is 9.62 Å². The molecule has 220 valence electrons. The Morgan fingerprint density at radius 2 is 1.56 bits per heavy atom. The number of aryl methyl sites for hydroxylation is 3. The van der Waals surface area contributed by atoms with E-state index in [9.17, 15) is 18.0 Å². The molecule has 0 bridgehead atoms. The second-order valence-corrected chi connectivity index (χ2v) is 12.6. The zero-order valence-electron chi connectivity index (χ0n) is 24.5. The largest absolute Gasteiger partial charge is 0.354 e. The van der Waals surface area contributed by atoms with Crippen molar-refractivity contribution >= 4 is 39.1 Å². The quantitative estimate of drug-likeness (QED) is 0.238. The molecule has 0 fully saturated rings. The zero-order chi connectivity index (χ0) is 30.2. The molecular weight excluding hydrogens is 558 g/mol. The standard InChI is InChI=1S/C32H40ClN3O4S/c1-6-8-19-34-32(38)30(7-2)35(21-26-12-9-23(3)10-13-26)31(37)22-36(28-16-11-24(4)25(5)20-28)41(39,40)29-17-14-27(33)15-18-29/h9-18,20,30H,6-8,19,21-22H2,1-5H3,(H,34,38)/t30-/m1/s1. The van der Waals surface area contributed by atoms with Crippen molar-refractivity contribution in [1.29, 1.82) is 0 Å². The summed E-state index contributed by atoms with van der Waals surface area (Å²) in [5.41, 5.74) is 4.18. The van der Waals surface area contributed by atoms with Gasteiger partial charge in [-0.1, -0.05) is 67.8 Å². The number of carbonyl (C=O) groups is 2. The summed E-state index contributed by atoms with van der Waals surface area (Å²) in [6.45, 7) is 9.91. The number of rotatable bonds is 13. The fourth-order valence-electron chi connectivity index (χ4n) is 4.46. The fraction of sp³-hybridized carbons (Fsp3) is 0.375. The van der Waals surface area contributed by atoms with E-state index >= 15 is 0 Å². The molecule has 0 aliphatic heterocycles. The number of halogens is 1. The molecule has 0 heterocycles. The Kier molecular flexibility index (Phi) is 11.4. The number of carbonyl (C=O) groups excluding carboxylic acids is 2. The van der Waals surface area contributed by atoms with E-state index in [1.54, 1.807) is 12.1 Å². The normalized spacial score (nSPS) is 12.0. The minimum absolute atomic E-state index is 0.0161. The maximum absolute atomic E-state index is 14.1. The van der Waals surface area contributed by atoms with E-state index in [0.717, 1.165) is 39.4 Å². The van der Waals surface area contributed by atoms with Gasteiger partial charge in [0.15, 0.2) is 0 Å². The van der Waals surface area contributed by atoms with Crippen molar-refractivity contribution in [2.75, 3.05) is 17.4 Å². The fourth-order valence-corrected chi connectivity index (χ4v) is 5.99. The Balaban J connectivity index is 2.05. The van der Waals surface area contributed by atoms with E-state index < -0.39 is 28.5 Å². The van der Waals surface area contributed by atoms with E-state index in [0.29, 0.717) is 23.7 Å². The number of anilines is 1. The van der Waals surface area contributed by atoms with E-state index in [-0.39, 0.29) is 17.3 Å². The highest BCUT2D eigenvalue weighted by atomic mass is 35.5. The van der Waals surface area contributed by atoms with Gasteiger partial charge in [0.2, 0.25) is 11.8 Å². The molecule has 3 rings (SSSR count). The summed E-state index contributed by atoms with van der Waals surface area (Å²) in [5.74, 6) is -0.724. The third-order valence-electron chi connectivity index (χ3n) is 7.15. The number of nitrogens with zero attached hydrogens (tertiary/aromatic N) is 2. The SMILES string of the molecule is CCCCNC(=O)[C@@H](CC)N(Cc1ccc(C)cc1)C(=O)CN(c1ccc(C)c(C)c1)S(=O)(=O)c1ccc(Cl)cc1. The zero-order valence-corrected chi connectivity index (χ0v) is 26.1. The molecule has 0 spiro atoms. The third-order valence-corrected chi connectivity index (χ3v) is 9.19. The summed E-state index contributed by atoms with van der Waals surface area (Å²) >= 11 is 6.03. The maximum Gasteiger partial charge on any atom is 0.264 e. The minimum Gasteiger partial charge on any atom is -0.354 e. The lowest BCUT2D eigenvalue weighted by Gasteiger charge is -2.33. The van der Waals surface area contributed by atoms with Crippen molar-refractivity contribution in [1.82, 2.24) is 10.2 Å². The molecule has 7 nitrogen and oxygen atoms in total. The van der Waals surface area contributed by atoms with Gasteiger partial charge in [-0.25, -0.2) is 8.42 Å². The van der Waals surface area contributed by atoms with Gasteiger partial charge in [-0.15, -0.1) is 0 Å². The van der Waals surface area contributed by atoms with Crippen molar-refractivity contribution in [3.63, 3.8) is 0 Å². The van der Waals surface area contributed by atoms with Crippen LogP contribution in [0.25, 0.3) is 0 Å². The Bertz CT molecular complexity index is 1440. The molecule has 2 amide bonds. The summed E-state index contributed by atoms with van der Waals surface area (Å²) in [6.07, 6.45) is 2.13. The molecule has 0 aromatic heterocycles. The first-order valence-electron chi connectivity index (χ1n) is 14.0. The van der Waals surface area contributed by atoms with Crippen LogP contribution in [0.15, 0.2) is 71.6 Å². The predicted molar refractivity (Wildman–Crippen MR) is 166 cm³/mol. The van der Waals surface area contributed by atoms with Crippen LogP contribution in [-0.2, 0) is 26.2 Å². The highest BCUT2D eigenvalue weighted by Gasteiger charge is 2.33. The van der Waals surface area contributed by atoms with Gasteiger partial charge in [-0.3, -0.25) is 13.9 Å². The van der Waals surface area contributed by atoms with Gasteiger partial charge in [0.1, 0.15) is 12.6 Å². The van der Waals surface area contributed by atoms with Crippen LogP contribution in [0.5, 0.6) is 0 Å². The maximum atomic E-state index is 14.1. The molecular formula is C32H40ClN3O4S. The molecule has 0 saturated carbocycles. The van der Waals surface area contributed by atoms with Crippen molar-refractivity contribution in [3.8, 4) is 0 Å². The van der Waals surface area contributed by atoms with Crippen LogP contribution in [0.4, 0.5) is 5.69 Å². The van der Waals surface area contributed by atoms with E-state index in [1.165, 1.54) is 29.2 Å². The van der Waals surface area contributed by atoms with Crippen LogP contribution in [0.2, 0.25) is 5.02 Å². The lowest BCUT2D eigenvalue weighted by atomic mass is 10.1. The molecule has 1 N–H and O–H groups in total. The summed E-state index contributed by atoms with van der Waals surface area (Å²) < 4.78 is 29.1. The number of sulfonamides is 1. The second kappa shape index (κ2) is 14.5. The van der Waals surface area contributed by atoms with E-state index in [4.69, 9.17) is 11.6 Å². The lowest BCUT2D eigenvalue weighted by molar-refractivity contribution is -0.140. The minimum atomic E-state index is -4.15. The molecule has 0 aliphatic rings. The first-order valence-corrected chi connectivity index (χ1v) is 15.8. The molecule has 41 heavy (non-hydrogen) atoms. The molecule has 0 aliphatic carbocycles. The average molecular weight is 598 g/mol. The predicted octanol–water partition coefficient (Wildman–Crippen LogP) is 6.18. The molecule has 0 saturated heterocycles. The van der Waals surface area contributed by atoms with Crippen molar-refractivity contribution in [2.45, 2.75) is 71.4 Å². The van der Waals surface area contributed by atoms with E-state index in [2.05, 4.69) is 5.32 Å². The Morgan fingerprint density at radius 3 is 2.15 bits per heavy atom. The summed E-state index contributed by atoms with van der Waals surface area (Å²) in [6, 6.07) is 18.1. The van der Waals surface area contributed by atoms with Crippen LogP contribution >= 0.6 is 11.6 Å². The van der Waals surface area contributed by atoms with Gasteiger partial charge in [-0.2, -0.15) is 0 Å². The van der Waals surface area contributed by atoms with Gasteiger partial charge in [0.05, 0.1) is 10.6 Å². The van der Waals surface area contributed by atoms with Crippen molar-refractivity contribution in [3.05, 3.63) is 94.0 Å². The molecule has 0 radical (unpaired) electrons. The van der Waals surface area contributed by atoms with Crippen LogP contribution in [-0.4, -0.2) is 44.3 Å². The van der Waals surface area contributed by atoms with Crippen LogP contribution in [0.3, 0.4) is 0 Å². The second-order valence-electron chi connectivity index (χ2n) is 10.3. The number of unbranched alkanes of at least 4 members (excludes halogenated alkanes) is 1. The summed E-state index contributed by atoms with van der Waals surface area (Å²) in [5, 5.41) is 3.35. The van der Waals surface area contributed by atoms with Gasteiger partial charge < -0.3 is 10.2 Å². The Hall–Kier alpha value is -3.36. The molecule has 9 heteroatoms. The lowest BCUT2D eigenvalue weighted by Crippen LogP contribution is -2.52. The van der Waals surface area contributed by atoms with Gasteiger partial charge in [-0.05, 0) is 86.7 Å². The first-order chi connectivity index (χ1) is 19.5. The number of nitrogens with one attached hydrogen (secondary N) is 1. The molecule has 0 unspecified atom stereocenters. The number of benzene rings is 3. The molecule has 3 aromatic rings. The van der Waals surface area contributed by atoms with Gasteiger partial charge >= 0.3 is 0 Å². The Labute approximate surface area is 249 Å². The van der Waals surface area contributed by atoms with Crippen molar-refractivity contribution < 1.29 is 18.0 Å². The highest BCUT2D eigenvalue weighted by Crippen LogP contribution is 2.27. The monoisotopic (exact) mass is 597 g/mol. The number of amides is 2. The van der Waals surface area contributed by atoms with Crippen LogP contribution in [0.1, 0.15) is 55.4 Å². The van der Waals surface area contributed by atoms with Gasteiger partial charge in [0.25, 0.3) is 10.0 Å². The Morgan fingerprint density at radius 1 is 0.902 bits per heavy atom. The summed E-state index contributed by atoms with van der Waals surface area (Å²) in [7, 11) is -4.15. The molecule has 1 atom stereocenters.